The fourth-order valence-electron chi connectivity index (χ4n) is 2.82. The molecule has 0 fully saturated rings. The fraction of sp³-hybridized carbons (Fsp3) is 0.167. The zero-order valence-corrected chi connectivity index (χ0v) is 15.5. The van der Waals surface area contributed by atoms with Crippen molar-refractivity contribution in [3.05, 3.63) is 63.7 Å². The molecule has 1 aromatic carbocycles. The van der Waals surface area contributed by atoms with Gasteiger partial charge in [0.1, 0.15) is 0 Å². The Bertz CT molecular complexity index is 1120. The minimum Gasteiger partial charge on any atom is -0.618 e. The summed E-state index contributed by atoms with van der Waals surface area (Å²) < 4.78 is 49.9. The SMILES string of the molecule is COc1cc(-c2ccnc(-c3ccc[n+]([O-])c3C(F)(F)F)n2)cc([N+](=O)[O-])c1OC. The number of nitrogens with zero attached hydrogens (tertiary/aromatic N) is 4. The molecule has 0 spiro atoms. The van der Waals surface area contributed by atoms with Crippen molar-refractivity contribution in [1.82, 2.24) is 9.97 Å². The summed E-state index contributed by atoms with van der Waals surface area (Å²) in [6.07, 6.45) is -3.05. The maximum absolute atomic E-state index is 13.4. The van der Waals surface area contributed by atoms with Crippen LogP contribution >= 0.6 is 0 Å². The summed E-state index contributed by atoms with van der Waals surface area (Å²) in [5.41, 5.74) is -2.15. The van der Waals surface area contributed by atoms with Crippen LogP contribution in [0.1, 0.15) is 5.69 Å². The van der Waals surface area contributed by atoms with Gasteiger partial charge < -0.3 is 14.7 Å². The summed E-state index contributed by atoms with van der Waals surface area (Å²) in [5, 5.41) is 23.1. The third-order valence-electron chi connectivity index (χ3n) is 4.08. The van der Waals surface area contributed by atoms with Crippen LogP contribution in [-0.2, 0) is 6.18 Å². The van der Waals surface area contributed by atoms with Crippen LogP contribution in [-0.4, -0.2) is 29.1 Å². The third kappa shape index (κ3) is 3.79. The van der Waals surface area contributed by atoms with Crippen LogP contribution in [0.3, 0.4) is 0 Å². The first kappa shape index (κ1) is 20.8. The Morgan fingerprint density at radius 1 is 1.17 bits per heavy atom. The molecule has 9 nitrogen and oxygen atoms in total. The number of benzene rings is 1. The van der Waals surface area contributed by atoms with Crippen LogP contribution in [0.4, 0.5) is 18.9 Å². The maximum atomic E-state index is 13.4. The van der Waals surface area contributed by atoms with Crippen LogP contribution in [0.2, 0.25) is 0 Å². The minimum atomic E-state index is -4.94. The standard InChI is InChI=1S/C18H13F3N4O5/c1-29-14-9-10(8-13(25(27)28)15(14)30-2)12-5-6-22-17(23-12)11-4-3-7-24(26)16(11)18(19,20)21/h3-9H,1-2H3. The summed E-state index contributed by atoms with van der Waals surface area (Å²) in [6, 6.07) is 6.09. The van der Waals surface area contributed by atoms with E-state index in [0.717, 1.165) is 18.2 Å². The van der Waals surface area contributed by atoms with Gasteiger partial charge in [0.15, 0.2) is 17.8 Å². The van der Waals surface area contributed by atoms with E-state index in [1.807, 2.05) is 0 Å². The van der Waals surface area contributed by atoms with E-state index in [9.17, 15) is 28.5 Å². The second kappa shape index (κ2) is 7.81. The van der Waals surface area contributed by atoms with E-state index in [2.05, 4.69) is 9.97 Å². The monoisotopic (exact) mass is 422 g/mol. The van der Waals surface area contributed by atoms with Crippen LogP contribution in [0, 0.1) is 15.3 Å². The highest BCUT2D eigenvalue weighted by atomic mass is 19.4. The zero-order chi connectivity index (χ0) is 22.1. The van der Waals surface area contributed by atoms with Gasteiger partial charge in [0.05, 0.1) is 30.4 Å². The van der Waals surface area contributed by atoms with E-state index in [0.29, 0.717) is 6.20 Å². The molecule has 156 valence electrons. The van der Waals surface area contributed by atoms with Gasteiger partial charge in [-0.1, -0.05) is 0 Å². The predicted molar refractivity (Wildman–Crippen MR) is 96.6 cm³/mol. The average Bonchev–Trinajstić information content (AvgIpc) is 2.71. The number of hydrogen-bond donors (Lipinski definition) is 0. The fourth-order valence-corrected chi connectivity index (χ4v) is 2.82. The Balaban J connectivity index is 2.20. The molecule has 3 aromatic rings. The van der Waals surface area contributed by atoms with E-state index in [4.69, 9.17) is 9.47 Å². The van der Waals surface area contributed by atoms with Crippen molar-refractivity contribution in [2.45, 2.75) is 6.18 Å². The van der Waals surface area contributed by atoms with Gasteiger partial charge in [-0.05, 0) is 18.2 Å². The van der Waals surface area contributed by atoms with Gasteiger partial charge >= 0.3 is 17.6 Å². The van der Waals surface area contributed by atoms with Crippen LogP contribution in [0.5, 0.6) is 11.5 Å². The molecule has 0 atom stereocenters. The molecule has 0 radical (unpaired) electrons. The minimum absolute atomic E-state index is 0.0370. The quantitative estimate of drug-likeness (QED) is 0.268. The third-order valence-corrected chi connectivity index (χ3v) is 4.08. The zero-order valence-electron chi connectivity index (χ0n) is 15.5. The van der Waals surface area contributed by atoms with Gasteiger partial charge in [0, 0.05) is 23.9 Å². The van der Waals surface area contributed by atoms with Crippen LogP contribution in [0.25, 0.3) is 22.6 Å². The van der Waals surface area contributed by atoms with Gasteiger partial charge in [-0.2, -0.15) is 17.9 Å². The lowest BCUT2D eigenvalue weighted by molar-refractivity contribution is -0.628. The molecule has 0 aliphatic heterocycles. The Kier molecular flexibility index (Phi) is 5.41. The molecular weight excluding hydrogens is 409 g/mol. The number of hydrogen-bond acceptors (Lipinski definition) is 7. The van der Waals surface area contributed by atoms with Gasteiger partial charge in [-0.15, -0.1) is 0 Å². The Labute approximate surface area is 167 Å². The summed E-state index contributed by atoms with van der Waals surface area (Å²) in [4.78, 5) is 18.6. The van der Waals surface area contributed by atoms with E-state index >= 15 is 0 Å². The molecule has 0 bridgehead atoms. The second-order valence-corrected chi connectivity index (χ2v) is 5.85. The van der Waals surface area contributed by atoms with E-state index in [1.54, 1.807) is 0 Å². The lowest BCUT2D eigenvalue weighted by atomic mass is 10.1. The number of pyridine rings is 1. The molecule has 0 N–H and O–H groups in total. The molecule has 12 heteroatoms. The Morgan fingerprint density at radius 3 is 2.50 bits per heavy atom. The molecule has 0 unspecified atom stereocenters. The van der Waals surface area contributed by atoms with Gasteiger partial charge in [-0.3, -0.25) is 10.1 Å². The number of aromatic nitrogens is 3. The average molecular weight is 422 g/mol. The molecule has 0 aliphatic rings. The highest BCUT2D eigenvalue weighted by Gasteiger charge is 2.43. The number of nitro benzene ring substituents is 1. The smallest absolute Gasteiger partial charge is 0.479 e. The molecule has 30 heavy (non-hydrogen) atoms. The second-order valence-electron chi connectivity index (χ2n) is 5.85. The first-order valence-corrected chi connectivity index (χ1v) is 8.21. The van der Waals surface area contributed by atoms with Crippen LogP contribution < -0.4 is 14.2 Å². The number of ether oxygens (including phenoxy) is 2. The number of halogens is 3. The van der Waals surface area contributed by atoms with Crippen molar-refractivity contribution in [1.29, 1.82) is 0 Å². The maximum Gasteiger partial charge on any atom is 0.479 e. The molecule has 0 saturated carbocycles. The van der Waals surface area contributed by atoms with Crippen molar-refractivity contribution < 1.29 is 32.3 Å². The summed E-state index contributed by atoms with van der Waals surface area (Å²) in [7, 11) is 2.52. The van der Waals surface area contributed by atoms with Crippen molar-refractivity contribution in [3.63, 3.8) is 0 Å². The van der Waals surface area contributed by atoms with E-state index in [1.165, 1.54) is 32.5 Å². The molecule has 0 amide bonds. The highest BCUT2D eigenvalue weighted by molar-refractivity contribution is 5.72. The Hall–Kier alpha value is -3.96. The Morgan fingerprint density at radius 2 is 1.90 bits per heavy atom. The molecule has 0 saturated heterocycles. The normalized spacial score (nSPS) is 11.2. The molecule has 0 aliphatic carbocycles. The van der Waals surface area contributed by atoms with Crippen LogP contribution in [0.15, 0.2) is 42.7 Å². The van der Waals surface area contributed by atoms with E-state index in [-0.39, 0.29) is 33.3 Å². The van der Waals surface area contributed by atoms with Crippen molar-refractivity contribution in [2.75, 3.05) is 14.2 Å². The van der Waals surface area contributed by atoms with Gasteiger partial charge in [0.2, 0.25) is 5.75 Å². The molecule has 3 rings (SSSR count). The van der Waals surface area contributed by atoms with E-state index < -0.39 is 28.0 Å². The van der Waals surface area contributed by atoms with Crippen molar-refractivity contribution in [2.24, 2.45) is 0 Å². The lowest BCUT2D eigenvalue weighted by Gasteiger charge is -2.12. The largest absolute Gasteiger partial charge is 0.618 e. The number of alkyl halides is 3. The summed E-state index contributed by atoms with van der Waals surface area (Å²) >= 11 is 0. The first-order valence-electron chi connectivity index (χ1n) is 8.21. The molecular formula is C18H13F3N4O5. The van der Waals surface area contributed by atoms with Crippen molar-refractivity contribution >= 4 is 5.69 Å². The topological polar surface area (TPSA) is 114 Å². The molecule has 2 aromatic heterocycles. The van der Waals surface area contributed by atoms with Gasteiger partial charge in [0.25, 0.3) is 0 Å². The summed E-state index contributed by atoms with van der Waals surface area (Å²) in [5.74, 6) is -0.451. The van der Waals surface area contributed by atoms with Crippen molar-refractivity contribution in [3.8, 4) is 34.1 Å². The number of rotatable bonds is 5. The van der Waals surface area contributed by atoms with Gasteiger partial charge in [-0.25, -0.2) is 9.97 Å². The number of methoxy groups -OCH3 is 2. The summed E-state index contributed by atoms with van der Waals surface area (Å²) in [6.45, 7) is 0. The highest BCUT2D eigenvalue weighted by Crippen LogP contribution is 2.41. The first-order chi connectivity index (χ1) is 14.2. The number of nitro groups is 1. The predicted octanol–water partition coefficient (Wildman–Crippen LogP) is 3.39. The lowest BCUT2D eigenvalue weighted by Crippen LogP contribution is -2.37. The molecule has 2 heterocycles.